The van der Waals surface area contributed by atoms with E-state index in [-0.39, 0.29) is 11.5 Å². The van der Waals surface area contributed by atoms with Crippen molar-refractivity contribution < 1.29 is 13.9 Å². The molecule has 1 fully saturated rings. The van der Waals surface area contributed by atoms with E-state index in [0.29, 0.717) is 24.3 Å². The SMILES string of the molecule is COc1cc(=O)n2c(c1C(=O)N1CCCC1)CCN(Cc1ccccc1-c1ccco1)CC2. The van der Waals surface area contributed by atoms with Crippen LogP contribution in [0.25, 0.3) is 11.3 Å². The fraction of sp³-hybridized carbons (Fsp3) is 0.385. The van der Waals surface area contributed by atoms with E-state index in [1.165, 1.54) is 18.7 Å². The lowest BCUT2D eigenvalue weighted by molar-refractivity contribution is 0.0787. The van der Waals surface area contributed by atoms with Gasteiger partial charge in [-0.1, -0.05) is 24.3 Å². The molecule has 7 heteroatoms. The molecule has 0 unspecified atom stereocenters. The molecule has 4 heterocycles. The van der Waals surface area contributed by atoms with E-state index in [0.717, 1.165) is 62.6 Å². The summed E-state index contributed by atoms with van der Waals surface area (Å²) in [7, 11) is 1.53. The third kappa shape index (κ3) is 4.20. The van der Waals surface area contributed by atoms with E-state index in [1.807, 2.05) is 29.2 Å². The monoisotopic (exact) mass is 447 g/mol. The molecule has 0 N–H and O–H groups in total. The summed E-state index contributed by atoms with van der Waals surface area (Å²) < 4.78 is 12.9. The molecule has 0 atom stereocenters. The van der Waals surface area contributed by atoms with Crippen LogP contribution in [0.2, 0.25) is 0 Å². The van der Waals surface area contributed by atoms with Crippen molar-refractivity contribution in [3.63, 3.8) is 0 Å². The Morgan fingerprint density at radius 1 is 1.03 bits per heavy atom. The van der Waals surface area contributed by atoms with Gasteiger partial charge in [-0.15, -0.1) is 0 Å². The van der Waals surface area contributed by atoms with Gasteiger partial charge < -0.3 is 18.6 Å². The van der Waals surface area contributed by atoms with Gasteiger partial charge in [-0.25, -0.2) is 0 Å². The molecule has 1 saturated heterocycles. The van der Waals surface area contributed by atoms with Crippen molar-refractivity contribution >= 4 is 5.91 Å². The van der Waals surface area contributed by atoms with Crippen molar-refractivity contribution in [2.24, 2.45) is 0 Å². The number of aromatic nitrogens is 1. The second-order valence-electron chi connectivity index (χ2n) is 8.68. The lowest BCUT2D eigenvalue weighted by Gasteiger charge is -2.21. The van der Waals surface area contributed by atoms with Crippen molar-refractivity contribution in [3.8, 4) is 17.1 Å². The Labute approximate surface area is 193 Å². The van der Waals surface area contributed by atoms with Crippen LogP contribution in [0.1, 0.15) is 34.5 Å². The van der Waals surface area contributed by atoms with Gasteiger partial charge in [0.25, 0.3) is 11.5 Å². The molecule has 0 radical (unpaired) electrons. The molecular weight excluding hydrogens is 418 g/mol. The van der Waals surface area contributed by atoms with E-state index in [1.54, 1.807) is 10.8 Å². The van der Waals surface area contributed by atoms with Crippen molar-refractivity contribution in [2.45, 2.75) is 32.4 Å². The van der Waals surface area contributed by atoms with Crippen LogP contribution in [-0.2, 0) is 19.5 Å². The molecule has 2 aliphatic heterocycles. The van der Waals surface area contributed by atoms with Gasteiger partial charge in [-0.2, -0.15) is 0 Å². The Kier molecular flexibility index (Phi) is 6.05. The van der Waals surface area contributed by atoms with Crippen molar-refractivity contribution in [1.82, 2.24) is 14.4 Å². The molecular formula is C26H29N3O4. The first-order valence-electron chi connectivity index (χ1n) is 11.6. The van der Waals surface area contributed by atoms with Gasteiger partial charge in [0.1, 0.15) is 17.1 Å². The highest BCUT2D eigenvalue weighted by Gasteiger charge is 2.29. The number of carbonyl (C=O) groups excluding carboxylic acids is 1. The molecule has 5 rings (SSSR count). The number of methoxy groups -OCH3 is 1. The summed E-state index contributed by atoms with van der Waals surface area (Å²) in [6.07, 6.45) is 4.34. The Bertz CT molecular complexity index is 1190. The Hall–Kier alpha value is -3.32. The first kappa shape index (κ1) is 21.5. The first-order valence-corrected chi connectivity index (χ1v) is 11.6. The molecule has 0 spiro atoms. The zero-order valence-corrected chi connectivity index (χ0v) is 19.0. The highest BCUT2D eigenvalue weighted by molar-refractivity contribution is 5.98. The molecule has 1 aromatic carbocycles. The predicted molar refractivity (Wildman–Crippen MR) is 126 cm³/mol. The number of likely N-dealkylation sites (tertiary alicyclic amines) is 1. The lowest BCUT2D eigenvalue weighted by atomic mass is 10.0. The molecule has 2 aliphatic rings. The largest absolute Gasteiger partial charge is 0.496 e. The van der Waals surface area contributed by atoms with Gasteiger partial charge in [0.2, 0.25) is 0 Å². The lowest BCUT2D eigenvalue weighted by Crippen LogP contribution is -2.33. The normalized spacial score (nSPS) is 16.5. The highest BCUT2D eigenvalue weighted by Crippen LogP contribution is 2.28. The average Bonchev–Trinajstić information content (AvgIpc) is 3.52. The third-order valence-corrected chi connectivity index (χ3v) is 6.71. The van der Waals surface area contributed by atoms with E-state index in [2.05, 4.69) is 17.0 Å². The topological polar surface area (TPSA) is 67.9 Å². The average molecular weight is 448 g/mol. The minimum atomic E-state index is -0.113. The van der Waals surface area contributed by atoms with E-state index in [4.69, 9.17) is 9.15 Å². The minimum absolute atomic E-state index is 0.0234. The number of hydrogen-bond donors (Lipinski definition) is 0. The van der Waals surface area contributed by atoms with Crippen LogP contribution in [0.3, 0.4) is 0 Å². The van der Waals surface area contributed by atoms with Gasteiger partial charge in [-0.3, -0.25) is 14.5 Å². The van der Waals surface area contributed by atoms with Crippen molar-refractivity contribution in [2.75, 3.05) is 33.3 Å². The molecule has 33 heavy (non-hydrogen) atoms. The maximum Gasteiger partial charge on any atom is 0.259 e. The number of furan rings is 1. The van der Waals surface area contributed by atoms with Crippen LogP contribution < -0.4 is 10.3 Å². The van der Waals surface area contributed by atoms with Crippen molar-refractivity contribution in [3.05, 3.63) is 75.9 Å². The molecule has 3 aromatic rings. The Morgan fingerprint density at radius 3 is 2.61 bits per heavy atom. The Balaban J connectivity index is 1.43. The quantitative estimate of drug-likeness (QED) is 0.600. The summed E-state index contributed by atoms with van der Waals surface area (Å²) in [4.78, 5) is 30.5. The summed E-state index contributed by atoms with van der Waals surface area (Å²) >= 11 is 0. The highest BCUT2D eigenvalue weighted by atomic mass is 16.5. The zero-order chi connectivity index (χ0) is 22.8. The zero-order valence-electron chi connectivity index (χ0n) is 19.0. The van der Waals surface area contributed by atoms with Crippen LogP contribution in [0.5, 0.6) is 5.75 Å². The van der Waals surface area contributed by atoms with Gasteiger partial charge in [0.05, 0.1) is 13.4 Å². The maximum atomic E-state index is 13.4. The molecule has 0 aliphatic carbocycles. The second kappa shape index (κ2) is 9.27. The standard InChI is InChI=1S/C26H29N3O4/c1-32-23-17-24(30)29-15-14-27(13-10-21(29)25(23)26(31)28-11-4-5-12-28)18-19-7-2-3-8-20(19)22-9-6-16-33-22/h2-3,6-9,16-17H,4-5,10-15,18H2,1H3. The minimum Gasteiger partial charge on any atom is -0.496 e. The molecule has 7 nitrogen and oxygen atoms in total. The molecule has 0 bridgehead atoms. The predicted octanol–water partition coefficient (Wildman–Crippen LogP) is 3.41. The number of rotatable bonds is 5. The maximum absolute atomic E-state index is 13.4. The van der Waals surface area contributed by atoms with Crippen LogP contribution in [0.15, 0.2) is 57.9 Å². The van der Waals surface area contributed by atoms with E-state index in [9.17, 15) is 9.59 Å². The first-order chi connectivity index (χ1) is 16.2. The van der Waals surface area contributed by atoms with Crippen molar-refractivity contribution in [1.29, 1.82) is 0 Å². The number of ether oxygens (including phenoxy) is 1. The van der Waals surface area contributed by atoms with Crippen LogP contribution in [0, 0.1) is 0 Å². The van der Waals surface area contributed by atoms with Crippen LogP contribution in [-0.4, -0.2) is 53.6 Å². The molecule has 0 saturated carbocycles. The van der Waals surface area contributed by atoms with E-state index < -0.39 is 0 Å². The summed E-state index contributed by atoms with van der Waals surface area (Å²) in [5.74, 6) is 1.22. The van der Waals surface area contributed by atoms with Crippen LogP contribution in [0.4, 0.5) is 0 Å². The number of nitrogens with zero attached hydrogens (tertiary/aromatic N) is 3. The van der Waals surface area contributed by atoms with Gasteiger partial charge >= 0.3 is 0 Å². The number of benzene rings is 1. The molecule has 1 amide bonds. The fourth-order valence-corrected chi connectivity index (χ4v) is 4.99. The summed E-state index contributed by atoms with van der Waals surface area (Å²) in [6.45, 7) is 4.28. The van der Waals surface area contributed by atoms with Crippen LogP contribution >= 0.6 is 0 Å². The summed E-state index contributed by atoms with van der Waals surface area (Å²) in [5.41, 5.74) is 3.48. The summed E-state index contributed by atoms with van der Waals surface area (Å²) in [6, 6.07) is 13.6. The van der Waals surface area contributed by atoms with Gasteiger partial charge in [0, 0.05) is 63.0 Å². The molecule has 2 aromatic heterocycles. The fourth-order valence-electron chi connectivity index (χ4n) is 4.99. The second-order valence-corrected chi connectivity index (χ2v) is 8.68. The summed E-state index contributed by atoms with van der Waals surface area (Å²) in [5, 5.41) is 0. The van der Waals surface area contributed by atoms with E-state index >= 15 is 0 Å². The number of hydrogen-bond acceptors (Lipinski definition) is 5. The van der Waals surface area contributed by atoms with Gasteiger partial charge in [0.15, 0.2) is 0 Å². The smallest absolute Gasteiger partial charge is 0.259 e. The Morgan fingerprint density at radius 2 is 1.85 bits per heavy atom. The number of amides is 1. The number of pyridine rings is 1. The van der Waals surface area contributed by atoms with Gasteiger partial charge in [-0.05, 0) is 30.5 Å². The number of carbonyl (C=O) groups is 1. The number of fused-ring (bicyclic) bond motifs is 1. The molecule has 172 valence electrons. The third-order valence-electron chi connectivity index (χ3n) is 6.71.